The van der Waals surface area contributed by atoms with Crippen molar-refractivity contribution in [2.24, 2.45) is 5.73 Å². The molecule has 0 saturated heterocycles. The van der Waals surface area contributed by atoms with Crippen LogP contribution in [0.1, 0.15) is 64.7 Å². The molecule has 36 heavy (non-hydrogen) atoms. The van der Waals surface area contributed by atoms with Gasteiger partial charge < -0.3 is 11.1 Å². The molecule has 3 rings (SSSR count). The number of anilines is 1. The van der Waals surface area contributed by atoms with Crippen LogP contribution in [-0.2, 0) is 28.4 Å². The Labute approximate surface area is 202 Å². The highest BCUT2D eigenvalue weighted by molar-refractivity contribution is 6.13. The molecule has 11 heteroatoms. The maximum Gasteiger partial charge on any atom is 0.416 e. The first-order chi connectivity index (χ1) is 16.7. The highest BCUT2D eigenvalue weighted by atomic mass is 19.4. The van der Waals surface area contributed by atoms with Crippen molar-refractivity contribution in [3.05, 3.63) is 69.8 Å². The molecule has 0 radical (unpaired) electrons. The second-order valence-corrected chi connectivity index (χ2v) is 8.43. The van der Waals surface area contributed by atoms with Crippen molar-refractivity contribution in [1.29, 1.82) is 0 Å². The van der Waals surface area contributed by atoms with Gasteiger partial charge in [0.25, 0.3) is 0 Å². The van der Waals surface area contributed by atoms with Gasteiger partial charge in [-0.1, -0.05) is 0 Å². The first-order valence-corrected chi connectivity index (χ1v) is 11.0. The molecule has 1 aliphatic rings. The van der Waals surface area contributed by atoms with Crippen molar-refractivity contribution in [2.45, 2.75) is 50.9 Å². The number of alkyl halides is 6. The highest BCUT2D eigenvalue weighted by Gasteiger charge is 2.37. The summed E-state index contributed by atoms with van der Waals surface area (Å²) in [6.07, 6.45) is -7.20. The lowest BCUT2D eigenvalue weighted by molar-refractivity contribution is -0.143. The molecule has 5 nitrogen and oxygen atoms in total. The van der Waals surface area contributed by atoms with Crippen molar-refractivity contribution in [3.63, 3.8) is 0 Å². The van der Waals surface area contributed by atoms with Crippen molar-refractivity contribution < 1.29 is 40.7 Å². The molecule has 1 aliphatic carbocycles. The van der Waals surface area contributed by atoms with Crippen LogP contribution < -0.4 is 11.1 Å². The number of unbranched alkanes of at least 4 members (excludes halogenated alkanes) is 1. The van der Waals surface area contributed by atoms with E-state index in [4.69, 9.17) is 5.73 Å². The summed E-state index contributed by atoms with van der Waals surface area (Å²) in [5.74, 6) is -1.24. The number of nitrogens with one attached hydrogen (secondary N) is 1. The standard InChI is InChI=1S/C25H22F6N2O3/c26-24(27,28)17-10-14(11-18(13-17)25(29,30)31)9-16-6-5-15-12-19(7-8-20(15)23(16)36)33-22(35)4-2-1-3-21(32)34/h7-13H,1-6H2,(H2,32,34)(H,33,35)/b16-9+. The van der Waals surface area contributed by atoms with E-state index in [9.17, 15) is 40.7 Å². The number of hydrogen-bond acceptors (Lipinski definition) is 3. The predicted molar refractivity (Wildman–Crippen MR) is 120 cm³/mol. The number of amides is 2. The lowest BCUT2D eigenvalue weighted by atomic mass is 9.85. The van der Waals surface area contributed by atoms with E-state index < -0.39 is 35.2 Å². The molecule has 0 unspecified atom stereocenters. The van der Waals surface area contributed by atoms with Gasteiger partial charge in [-0.3, -0.25) is 14.4 Å². The van der Waals surface area contributed by atoms with Crippen molar-refractivity contribution in [2.75, 3.05) is 5.32 Å². The van der Waals surface area contributed by atoms with Crippen molar-refractivity contribution >= 4 is 29.4 Å². The van der Waals surface area contributed by atoms with E-state index in [1.165, 1.54) is 12.1 Å². The summed E-state index contributed by atoms with van der Waals surface area (Å²) in [5.41, 5.74) is 3.16. The Morgan fingerprint density at radius 3 is 2.08 bits per heavy atom. The zero-order chi connectivity index (χ0) is 26.7. The summed E-state index contributed by atoms with van der Waals surface area (Å²) in [7, 11) is 0. The van der Waals surface area contributed by atoms with Crippen LogP contribution in [-0.4, -0.2) is 17.6 Å². The number of carbonyl (C=O) groups excluding carboxylic acids is 3. The van der Waals surface area contributed by atoms with E-state index in [-0.39, 0.29) is 47.9 Å². The number of fused-ring (bicyclic) bond motifs is 1. The summed E-state index contributed by atoms with van der Waals surface area (Å²) in [6, 6.07) is 5.75. The zero-order valence-corrected chi connectivity index (χ0v) is 18.9. The molecular formula is C25H22F6N2O3. The minimum absolute atomic E-state index is 0.0353. The van der Waals surface area contributed by atoms with Crippen molar-refractivity contribution in [3.8, 4) is 0 Å². The average Bonchev–Trinajstić information content (AvgIpc) is 2.77. The number of benzene rings is 2. The summed E-state index contributed by atoms with van der Waals surface area (Å²) in [5, 5.41) is 2.69. The van der Waals surface area contributed by atoms with E-state index in [0.717, 1.165) is 6.08 Å². The monoisotopic (exact) mass is 512 g/mol. The first-order valence-electron chi connectivity index (χ1n) is 11.0. The third-order valence-electron chi connectivity index (χ3n) is 5.62. The van der Waals surface area contributed by atoms with Crippen LogP contribution in [0.15, 0.2) is 42.0 Å². The van der Waals surface area contributed by atoms with Crippen LogP contribution in [0.25, 0.3) is 6.08 Å². The number of ketones is 1. The molecule has 0 heterocycles. The molecule has 0 bridgehead atoms. The number of rotatable bonds is 7. The van der Waals surface area contributed by atoms with Gasteiger partial charge in [-0.05, 0) is 79.3 Å². The maximum atomic E-state index is 13.1. The number of nitrogens with two attached hydrogens (primary N) is 1. The maximum absolute atomic E-state index is 13.1. The van der Waals surface area contributed by atoms with Crippen LogP contribution >= 0.6 is 0 Å². The van der Waals surface area contributed by atoms with Gasteiger partial charge in [0.15, 0.2) is 5.78 Å². The molecule has 0 atom stereocenters. The minimum Gasteiger partial charge on any atom is -0.370 e. The predicted octanol–water partition coefficient (Wildman–Crippen LogP) is 5.92. The van der Waals surface area contributed by atoms with E-state index in [2.05, 4.69) is 5.32 Å². The molecule has 2 aromatic rings. The highest BCUT2D eigenvalue weighted by Crippen LogP contribution is 2.37. The Morgan fingerprint density at radius 2 is 1.50 bits per heavy atom. The minimum atomic E-state index is -4.99. The lowest BCUT2D eigenvalue weighted by Crippen LogP contribution is -2.16. The third kappa shape index (κ3) is 6.96. The fraction of sp³-hybridized carbons (Fsp3) is 0.320. The Bertz CT molecular complexity index is 1180. The molecule has 2 amide bonds. The van der Waals surface area contributed by atoms with Gasteiger partial charge in [0.1, 0.15) is 0 Å². The summed E-state index contributed by atoms with van der Waals surface area (Å²) >= 11 is 0. The van der Waals surface area contributed by atoms with Gasteiger partial charge in [-0.2, -0.15) is 26.3 Å². The van der Waals surface area contributed by atoms with Crippen molar-refractivity contribution in [1.82, 2.24) is 0 Å². The summed E-state index contributed by atoms with van der Waals surface area (Å²) < 4.78 is 78.8. The molecule has 0 fully saturated rings. The number of halogens is 6. The van der Waals surface area contributed by atoms with Crippen LogP contribution in [0, 0.1) is 0 Å². The van der Waals surface area contributed by atoms with E-state index in [0.29, 0.717) is 42.6 Å². The molecule has 0 aromatic heterocycles. The SMILES string of the molecule is NC(=O)CCCCC(=O)Nc1ccc2c(c1)CC/C(=C\c1cc(C(F)(F)F)cc(C(F)(F)F)c1)C2=O. The Hall–Kier alpha value is -3.63. The van der Waals surface area contributed by atoms with Crippen LogP contribution in [0.4, 0.5) is 32.0 Å². The Balaban J connectivity index is 1.78. The molecule has 192 valence electrons. The van der Waals surface area contributed by atoms with Gasteiger partial charge in [0.2, 0.25) is 11.8 Å². The number of aryl methyl sites for hydroxylation is 1. The fourth-order valence-electron chi connectivity index (χ4n) is 3.87. The molecule has 0 spiro atoms. The summed E-state index contributed by atoms with van der Waals surface area (Å²) in [4.78, 5) is 35.7. The largest absolute Gasteiger partial charge is 0.416 e. The van der Waals surface area contributed by atoms with Gasteiger partial charge in [-0.25, -0.2) is 0 Å². The quantitative estimate of drug-likeness (QED) is 0.274. The number of carbonyl (C=O) groups is 3. The zero-order valence-electron chi connectivity index (χ0n) is 18.9. The Kier molecular flexibility index (Phi) is 7.90. The van der Waals surface area contributed by atoms with Gasteiger partial charge >= 0.3 is 12.4 Å². The normalized spacial score (nSPS) is 15.1. The topological polar surface area (TPSA) is 89.3 Å². The van der Waals surface area contributed by atoms with E-state index >= 15 is 0 Å². The number of Topliss-reactive ketones (excluding diaryl/α,β-unsaturated/α-hetero) is 1. The number of hydrogen-bond donors (Lipinski definition) is 2. The van der Waals surface area contributed by atoms with Gasteiger partial charge in [0.05, 0.1) is 11.1 Å². The molecule has 2 aromatic carbocycles. The average molecular weight is 512 g/mol. The molecule has 3 N–H and O–H groups in total. The smallest absolute Gasteiger partial charge is 0.370 e. The second kappa shape index (κ2) is 10.5. The number of allylic oxidation sites excluding steroid dienone is 1. The fourth-order valence-corrected chi connectivity index (χ4v) is 3.87. The lowest BCUT2D eigenvalue weighted by Gasteiger charge is -2.19. The molecule has 0 saturated carbocycles. The molecule has 0 aliphatic heterocycles. The summed E-state index contributed by atoms with van der Waals surface area (Å²) in [6.45, 7) is 0. The second-order valence-electron chi connectivity index (χ2n) is 8.43. The first kappa shape index (κ1) is 27.0. The van der Waals surface area contributed by atoms with Gasteiger partial charge in [-0.15, -0.1) is 0 Å². The Morgan fingerprint density at radius 1 is 0.889 bits per heavy atom. The van der Waals surface area contributed by atoms with Crippen LogP contribution in [0.5, 0.6) is 0 Å². The number of primary amides is 1. The van der Waals surface area contributed by atoms with Crippen LogP contribution in [0.2, 0.25) is 0 Å². The van der Waals surface area contributed by atoms with E-state index in [1.807, 2.05) is 0 Å². The van der Waals surface area contributed by atoms with E-state index in [1.54, 1.807) is 6.07 Å². The molecular weight excluding hydrogens is 490 g/mol. The van der Waals surface area contributed by atoms with Gasteiger partial charge in [0, 0.05) is 29.7 Å². The van der Waals surface area contributed by atoms with Crippen LogP contribution in [0.3, 0.4) is 0 Å². The third-order valence-corrected chi connectivity index (χ3v) is 5.62.